The Morgan fingerprint density at radius 3 is 2.83 bits per heavy atom. The summed E-state index contributed by atoms with van der Waals surface area (Å²) in [5.74, 6) is -0.119. The van der Waals surface area contributed by atoms with Crippen molar-refractivity contribution in [1.29, 1.82) is 0 Å². The number of benzene rings is 2. The Labute approximate surface area is 132 Å². The Kier molecular flexibility index (Phi) is 3.26. The predicted molar refractivity (Wildman–Crippen MR) is 86.6 cm³/mol. The quantitative estimate of drug-likeness (QED) is 0.696. The molecule has 23 heavy (non-hydrogen) atoms. The average Bonchev–Trinajstić information content (AvgIpc) is 3.05. The van der Waals surface area contributed by atoms with Crippen LogP contribution in [0.1, 0.15) is 27.9 Å². The Hall–Kier alpha value is -2.82. The van der Waals surface area contributed by atoms with E-state index in [-0.39, 0.29) is 17.9 Å². The van der Waals surface area contributed by atoms with Crippen LogP contribution in [0.3, 0.4) is 0 Å². The maximum Gasteiger partial charge on any atom is 0.278 e. The summed E-state index contributed by atoms with van der Waals surface area (Å²) in [6, 6.07) is 12.8. The van der Waals surface area contributed by atoms with Gasteiger partial charge in [-0.15, -0.1) is 5.10 Å². The third-order valence-electron chi connectivity index (χ3n) is 4.34. The largest absolute Gasteiger partial charge is 0.292 e. The van der Waals surface area contributed by atoms with Gasteiger partial charge >= 0.3 is 0 Å². The van der Waals surface area contributed by atoms with Crippen LogP contribution in [0, 0.1) is 0 Å². The lowest BCUT2D eigenvalue weighted by atomic mass is 10.0. The highest BCUT2D eigenvalue weighted by molar-refractivity contribution is 5.96. The lowest BCUT2D eigenvalue weighted by Gasteiger charge is -2.06. The summed E-state index contributed by atoms with van der Waals surface area (Å²) in [5, 5.41) is 8.36. The number of ketones is 1. The van der Waals surface area contributed by atoms with Crippen LogP contribution in [-0.2, 0) is 19.4 Å². The van der Waals surface area contributed by atoms with Gasteiger partial charge in [0.2, 0.25) is 0 Å². The van der Waals surface area contributed by atoms with Gasteiger partial charge < -0.3 is 0 Å². The van der Waals surface area contributed by atoms with E-state index in [1.165, 1.54) is 11.1 Å². The monoisotopic (exact) mass is 305 g/mol. The van der Waals surface area contributed by atoms with Crippen molar-refractivity contribution in [2.75, 3.05) is 0 Å². The highest BCUT2D eigenvalue weighted by Gasteiger charge is 2.15. The van der Waals surface area contributed by atoms with Gasteiger partial charge in [-0.2, -0.15) is 0 Å². The minimum absolute atomic E-state index is 0.0878. The van der Waals surface area contributed by atoms with Crippen molar-refractivity contribution in [2.45, 2.75) is 25.8 Å². The fraction of sp³-hybridized carbons (Fsp3) is 0.222. The average molecular weight is 305 g/mol. The van der Waals surface area contributed by atoms with Crippen LogP contribution in [0.5, 0.6) is 0 Å². The maximum atomic E-state index is 12.5. The van der Waals surface area contributed by atoms with E-state index in [4.69, 9.17) is 0 Å². The van der Waals surface area contributed by atoms with Gasteiger partial charge in [-0.25, -0.2) is 4.68 Å². The van der Waals surface area contributed by atoms with Crippen molar-refractivity contribution in [3.63, 3.8) is 0 Å². The molecular weight excluding hydrogens is 290 g/mol. The number of carbonyl (C=O) groups excluding carboxylic acids is 1. The molecule has 114 valence electrons. The molecule has 0 aliphatic heterocycles. The van der Waals surface area contributed by atoms with Gasteiger partial charge in [0.25, 0.3) is 5.56 Å². The van der Waals surface area contributed by atoms with Crippen molar-refractivity contribution in [3.8, 4) is 0 Å². The summed E-state index contributed by atoms with van der Waals surface area (Å²) in [4.78, 5) is 24.9. The molecule has 0 bridgehead atoms. The number of carbonyl (C=O) groups is 1. The molecule has 0 atom stereocenters. The maximum absolute atomic E-state index is 12.5. The highest BCUT2D eigenvalue weighted by Crippen LogP contribution is 2.23. The lowest BCUT2D eigenvalue weighted by molar-refractivity contribution is 0.0964. The molecule has 0 saturated carbocycles. The van der Waals surface area contributed by atoms with Crippen LogP contribution in [0.15, 0.2) is 47.3 Å². The number of rotatable bonds is 3. The van der Waals surface area contributed by atoms with Crippen LogP contribution < -0.4 is 5.56 Å². The number of hydrogen-bond donors (Lipinski definition) is 0. The molecule has 0 spiro atoms. The van der Waals surface area contributed by atoms with Crippen molar-refractivity contribution in [1.82, 2.24) is 15.0 Å². The van der Waals surface area contributed by atoms with Crippen molar-refractivity contribution in [2.24, 2.45) is 0 Å². The van der Waals surface area contributed by atoms with E-state index >= 15 is 0 Å². The van der Waals surface area contributed by atoms with Gasteiger partial charge in [0, 0.05) is 5.56 Å². The molecule has 3 aromatic rings. The van der Waals surface area contributed by atoms with Crippen LogP contribution in [-0.4, -0.2) is 20.8 Å². The number of aryl methyl sites for hydroxylation is 2. The number of nitrogens with zero attached hydrogens (tertiary/aromatic N) is 3. The van der Waals surface area contributed by atoms with Crippen LogP contribution in [0.2, 0.25) is 0 Å². The van der Waals surface area contributed by atoms with E-state index in [1.807, 2.05) is 18.2 Å². The second-order valence-electron chi connectivity index (χ2n) is 5.83. The first-order valence-corrected chi connectivity index (χ1v) is 7.70. The molecule has 0 amide bonds. The second kappa shape index (κ2) is 5.43. The minimum atomic E-state index is -0.287. The first kappa shape index (κ1) is 13.8. The summed E-state index contributed by atoms with van der Waals surface area (Å²) >= 11 is 0. The molecule has 5 heteroatoms. The van der Waals surface area contributed by atoms with Gasteiger partial charge in [0.05, 0.1) is 5.39 Å². The lowest BCUT2D eigenvalue weighted by Crippen LogP contribution is -2.27. The number of aromatic nitrogens is 3. The third kappa shape index (κ3) is 2.44. The van der Waals surface area contributed by atoms with Gasteiger partial charge in [-0.05, 0) is 48.6 Å². The van der Waals surface area contributed by atoms with E-state index < -0.39 is 0 Å². The molecule has 1 heterocycles. The molecule has 5 nitrogen and oxygen atoms in total. The van der Waals surface area contributed by atoms with Gasteiger partial charge in [-0.1, -0.05) is 29.5 Å². The van der Waals surface area contributed by atoms with E-state index in [0.29, 0.717) is 16.5 Å². The topological polar surface area (TPSA) is 64.8 Å². The first-order valence-electron chi connectivity index (χ1n) is 7.70. The molecule has 0 N–H and O–H groups in total. The van der Waals surface area contributed by atoms with Gasteiger partial charge in [0.15, 0.2) is 5.78 Å². The number of hydrogen-bond acceptors (Lipinski definition) is 4. The van der Waals surface area contributed by atoms with E-state index in [9.17, 15) is 9.59 Å². The van der Waals surface area contributed by atoms with Gasteiger partial charge in [-0.3, -0.25) is 9.59 Å². The Morgan fingerprint density at radius 1 is 1.09 bits per heavy atom. The highest BCUT2D eigenvalue weighted by atomic mass is 16.1. The minimum Gasteiger partial charge on any atom is -0.292 e. The number of Topliss-reactive ketones (excluding diaryl/α,β-unsaturated/α-hetero) is 1. The Morgan fingerprint density at radius 2 is 1.91 bits per heavy atom. The summed E-state index contributed by atoms with van der Waals surface area (Å²) in [7, 11) is 0. The third-order valence-corrected chi connectivity index (χ3v) is 4.34. The first-order chi connectivity index (χ1) is 11.2. The zero-order valence-corrected chi connectivity index (χ0v) is 12.5. The summed E-state index contributed by atoms with van der Waals surface area (Å²) < 4.78 is 1.14. The van der Waals surface area contributed by atoms with Gasteiger partial charge in [0.1, 0.15) is 12.1 Å². The molecule has 1 aromatic heterocycles. The molecular formula is C18H15N3O2. The molecule has 1 aliphatic rings. The van der Waals surface area contributed by atoms with Crippen molar-refractivity contribution >= 4 is 16.7 Å². The van der Waals surface area contributed by atoms with Crippen molar-refractivity contribution < 1.29 is 4.79 Å². The zero-order chi connectivity index (χ0) is 15.8. The Balaban J connectivity index is 1.66. The van der Waals surface area contributed by atoms with E-state index in [1.54, 1.807) is 24.3 Å². The molecule has 0 fully saturated rings. The van der Waals surface area contributed by atoms with E-state index in [2.05, 4.69) is 10.3 Å². The van der Waals surface area contributed by atoms with Crippen LogP contribution >= 0.6 is 0 Å². The molecule has 4 rings (SSSR count). The number of fused-ring (bicyclic) bond motifs is 2. The normalized spacial score (nSPS) is 13.2. The smallest absolute Gasteiger partial charge is 0.278 e. The predicted octanol–water partition coefficient (Wildman–Crippen LogP) is 2.16. The van der Waals surface area contributed by atoms with Crippen molar-refractivity contribution in [3.05, 3.63) is 69.5 Å². The van der Waals surface area contributed by atoms with Crippen LogP contribution in [0.4, 0.5) is 0 Å². The summed E-state index contributed by atoms with van der Waals surface area (Å²) in [6.45, 7) is -0.0878. The molecule has 0 saturated heterocycles. The molecule has 1 aliphatic carbocycles. The molecule has 0 radical (unpaired) electrons. The zero-order valence-electron chi connectivity index (χ0n) is 12.5. The second-order valence-corrected chi connectivity index (χ2v) is 5.83. The summed E-state index contributed by atoms with van der Waals surface area (Å²) in [6.07, 6.45) is 3.24. The van der Waals surface area contributed by atoms with Crippen LogP contribution in [0.25, 0.3) is 10.9 Å². The summed E-state index contributed by atoms with van der Waals surface area (Å²) in [5.41, 5.74) is 3.45. The Bertz CT molecular complexity index is 975. The fourth-order valence-electron chi connectivity index (χ4n) is 3.10. The molecule has 0 unspecified atom stereocenters. The SMILES string of the molecule is O=C(Cn1nnc2ccccc2c1=O)c1ccc2c(c1)CCC2. The fourth-order valence-corrected chi connectivity index (χ4v) is 3.10. The molecule has 2 aromatic carbocycles. The van der Waals surface area contributed by atoms with E-state index in [0.717, 1.165) is 23.9 Å². The standard InChI is InChI=1S/C18H15N3O2/c22-17(14-9-8-12-4-3-5-13(12)10-14)11-21-18(23)15-6-1-2-7-16(15)19-20-21/h1-2,6-10H,3-5,11H2.